The van der Waals surface area contributed by atoms with E-state index >= 15 is 0 Å². The van der Waals surface area contributed by atoms with Crippen LogP contribution in [0.1, 0.15) is 63.4 Å². The molecule has 1 amide bonds. The smallest absolute Gasteiger partial charge is 0.253 e. The van der Waals surface area contributed by atoms with E-state index in [0.29, 0.717) is 0 Å². The number of rotatable bonds is 7. The average molecular weight is 275 g/mol. The first-order valence-corrected chi connectivity index (χ1v) is 7.81. The van der Waals surface area contributed by atoms with Gasteiger partial charge in [-0.3, -0.25) is 10.0 Å². The van der Waals surface area contributed by atoms with Gasteiger partial charge in [-0.2, -0.15) is 0 Å². The van der Waals surface area contributed by atoms with Crippen LogP contribution in [0, 0.1) is 0 Å². The van der Waals surface area contributed by atoms with Gasteiger partial charge in [0.25, 0.3) is 5.91 Å². The van der Waals surface area contributed by atoms with Crippen LogP contribution in [0.3, 0.4) is 0 Å². The van der Waals surface area contributed by atoms with Crippen molar-refractivity contribution >= 4 is 5.91 Å². The lowest BCUT2D eigenvalue weighted by Crippen LogP contribution is -2.30. The van der Waals surface area contributed by atoms with Crippen molar-refractivity contribution in [3.05, 3.63) is 35.9 Å². The molecule has 1 aliphatic rings. The maximum atomic E-state index is 12.1. The summed E-state index contributed by atoms with van der Waals surface area (Å²) in [6, 6.07) is 9.78. The molecular weight excluding hydrogens is 250 g/mol. The third-order valence-corrected chi connectivity index (χ3v) is 4.22. The number of nitrogens with zero attached hydrogens (tertiary/aromatic N) is 1. The Morgan fingerprint density at radius 2 is 1.85 bits per heavy atom. The Labute approximate surface area is 121 Å². The monoisotopic (exact) mass is 275 g/mol. The maximum Gasteiger partial charge on any atom is 0.253 e. The lowest BCUT2D eigenvalue weighted by molar-refractivity contribution is -0.166. The second kappa shape index (κ2) is 7.44. The van der Waals surface area contributed by atoms with Gasteiger partial charge in [-0.25, -0.2) is 5.06 Å². The second-order valence-corrected chi connectivity index (χ2v) is 5.74. The summed E-state index contributed by atoms with van der Waals surface area (Å²) in [4.78, 5) is 12.1. The molecule has 1 N–H and O–H groups in total. The summed E-state index contributed by atoms with van der Waals surface area (Å²) in [6.45, 7) is 2.20. The van der Waals surface area contributed by atoms with Gasteiger partial charge in [0.2, 0.25) is 0 Å². The van der Waals surface area contributed by atoms with Crippen molar-refractivity contribution < 1.29 is 10.0 Å². The first kappa shape index (κ1) is 15.0. The van der Waals surface area contributed by atoms with Crippen LogP contribution in [-0.2, 0) is 4.79 Å². The number of hydrogen-bond acceptors (Lipinski definition) is 2. The zero-order chi connectivity index (χ0) is 14.4. The molecule has 1 fully saturated rings. The first-order chi connectivity index (χ1) is 9.74. The van der Waals surface area contributed by atoms with Crippen LogP contribution in [0.4, 0.5) is 0 Å². The topological polar surface area (TPSA) is 40.5 Å². The van der Waals surface area contributed by atoms with Crippen LogP contribution >= 0.6 is 0 Å². The van der Waals surface area contributed by atoms with Crippen molar-refractivity contribution in [2.24, 2.45) is 0 Å². The van der Waals surface area contributed by atoms with Gasteiger partial charge >= 0.3 is 0 Å². The number of unbranched alkanes of at least 4 members (excludes halogenated alkanes) is 4. The molecule has 0 saturated carbocycles. The largest absolute Gasteiger partial charge is 0.286 e. The maximum absolute atomic E-state index is 12.1. The Morgan fingerprint density at radius 3 is 2.55 bits per heavy atom. The van der Waals surface area contributed by atoms with E-state index in [1.54, 1.807) is 0 Å². The van der Waals surface area contributed by atoms with Gasteiger partial charge in [-0.05, 0) is 18.4 Å². The summed E-state index contributed by atoms with van der Waals surface area (Å²) in [5.74, 6) is -0.309. The van der Waals surface area contributed by atoms with Gasteiger partial charge in [0.15, 0.2) is 0 Å². The summed E-state index contributed by atoms with van der Waals surface area (Å²) >= 11 is 0. The Balaban J connectivity index is 1.86. The number of benzene rings is 1. The van der Waals surface area contributed by atoms with Gasteiger partial charge in [0, 0.05) is 0 Å². The van der Waals surface area contributed by atoms with Gasteiger partial charge in [0.05, 0.1) is 12.0 Å². The van der Waals surface area contributed by atoms with Crippen LogP contribution in [0.25, 0.3) is 0 Å². The number of hydroxylamine groups is 2. The molecule has 1 aromatic carbocycles. The van der Waals surface area contributed by atoms with Crippen LogP contribution < -0.4 is 0 Å². The highest BCUT2D eigenvalue weighted by atomic mass is 16.5. The molecular formula is C17H25NO2. The summed E-state index contributed by atoms with van der Waals surface area (Å²) in [7, 11) is 0. The van der Waals surface area contributed by atoms with Crippen molar-refractivity contribution in [2.75, 3.05) is 0 Å². The molecule has 0 bridgehead atoms. The Bertz CT molecular complexity index is 418. The third-order valence-electron chi connectivity index (χ3n) is 4.22. The highest BCUT2D eigenvalue weighted by Crippen LogP contribution is 2.33. The van der Waals surface area contributed by atoms with E-state index in [4.69, 9.17) is 0 Å². The molecule has 20 heavy (non-hydrogen) atoms. The summed E-state index contributed by atoms with van der Waals surface area (Å²) in [5.41, 5.74) is 1.02. The van der Waals surface area contributed by atoms with Crippen LogP contribution in [0.2, 0.25) is 0 Å². The summed E-state index contributed by atoms with van der Waals surface area (Å²) < 4.78 is 0. The molecule has 3 heteroatoms. The normalized spacial score (nSPS) is 22.5. The van der Waals surface area contributed by atoms with Gasteiger partial charge in [-0.15, -0.1) is 0 Å². The van der Waals surface area contributed by atoms with Crippen molar-refractivity contribution in [1.82, 2.24) is 5.06 Å². The fourth-order valence-corrected chi connectivity index (χ4v) is 3.00. The van der Waals surface area contributed by atoms with E-state index < -0.39 is 0 Å². The molecule has 0 radical (unpaired) electrons. The van der Waals surface area contributed by atoms with Gasteiger partial charge < -0.3 is 0 Å². The number of carbonyl (C=O) groups excluding carboxylic acids is 1. The zero-order valence-electron chi connectivity index (χ0n) is 12.3. The standard InChI is InChI=1S/C17H25NO2/c1-2-3-4-5-9-12-15-13-16(17(19)18(15)20)14-10-7-6-8-11-14/h6-8,10-11,15-16,20H,2-5,9,12-13H2,1H3/t15-,16-/m1/s1. The van der Waals surface area contributed by atoms with Crippen LogP contribution in [0.15, 0.2) is 30.3 Å². The molecule has 1 heterocycles. The van der Waals surface area contributed by atoms with Crippen molar-refractivity contribution in [3.63, 3.8) is 0 Å². The van der Waals surface area contributed by atoms with Crippen molar-refractivity contribution in [2.45, 2.75) is 63.8 Å². The molecule has 0 aromatic heterocycles. The predicted octanol–water partition coefficient (Wildman–Crippen LogP) is 4.12. The van der Waals surface area contributed by atoms with Crippen molar-refractivity contribution in [1.29, 1.82) is 0 Å². The molecule has 1 saturated heterocycles. The molecule has 2 rings (SSSR count). The average Bonchev–Trinajstić information content (AvgIpc) is 2.76. The first-order valence-electron chi connectivity index (χ1n) is 7.81. The highest BCUT2D eigenvalue weighted by molar-refractivity contribution is 5.85. The molecule has 110 valence electrons. The molecule has 0 spiro atoms. The number of amides is 1. The Kier molecular flexibility index (Phi) is 5.60. The SMILES string of the molecule is CCCCCCC[C@@H]1C[C@H](c2ccccc2)C(=O)N1O. The fraction of sp³-hybridized carbons (Fsp3) is 0.588. The Hall–Kier alpha value is -1.35. The van der Waals surface area contributed by atoms with E-state index in [2.05, 4.69) is 6.92 Å². The summed E-state index contributed by atoms with van der Waals surface area (Å²) in [5, 5.41) is 11.0. The quantitative estimate of drug-likeness (QED) is 0.600. The minimum absolute atomic E-state index is 0.00525. The van der Waals surface area contributed by atoms with E-state index in [1.165, 1.54) is 25.7 Å². The minimum atomic E-state index is -0.165. The zero-order valence-corrected chi connectivity index (χ0v) is 12.3. The third kappa shape index (κ3) is 3.60. The second-order valence-electron chi connectivity index (χ2n) is 5.74. The lowest BCUT2D eigenvalue weighted by atomic mass is 9.94. The Morgan fingerprint density at radius 1 is 1.15 bits per heavy atom. The van der Waals surface area contributed by atoms with E-state index in [0.717, 1.165) is 29.9 Å². The molecule has 0 aliphatic carbocycles. The lowest BCUT2D eigenvalue weighted by Gasteiger charge is -2.16. The molecule has 1 aliphatic heterocycles. The van der Waals surface area contributed by atoms with E-state index in [9.17, 15) is 10.0 Å². The molecule has 2 atom stereocenters. The van der Waals surface area contributed by atoms with E-state index in [-0.39, 0.29) is 17.9 Å². The van der Waals surface area contributed by atoms with Gasteiger partial charge in [0.1, 0.15) is 0 Å². The van der Waals surface area contributed by atoms with Crippen molar-refractivity contribution in [3.8, 4) is 0 Å². The molecule has 3 nitrogen and oxygen atoms in total. The predicted molar refractivity (Wildman–Crippen MR) is 79.6 cm³/mol. The van der Waals surface area contributed by atoms with Crippen LogP contribution in [0.5, 0.6) is 0 Å². The highest BCUT2D eigenvalue weighted by Gasteiger charge is 2.39. The summed E-state index contributed by atoms with van der Waals surface area (Å²) in [6.07, 6.45) is 7.72. The minimum Gasteiger partial charge on any atom is -0.286 e. The number of carbonyl (C=O) groups is 1. The van der Waals surface area contributed by atoms with Crippen LogP contribution in [-0.4, -0.2) is 22.2 Å². The molecule has 0 unspecified atom stereocenters. The van der Waals surface area contributed by atoms with Gasteiger partial charge in [-0.1, -0.05) is 69.4 Å². The number of hydrogen-bond donors (Lipinski definition) is 1. The van der Waals surface area contributed by atoms with E-state index in [1.807, 2.05) is 30.3 Å². The fourth-order valence-electron chi connectivity index (χ4n) is 3.00. The molecule has 1 aromatic rings.